The van der Waals surface area contributed by atoms with Crippen molar-refractivity contribution < 1.29 is 22.3 Å². The molecule has 0 unspecified atom stereocenters. The van der Waals surface area contributed by atoms with E-state index >= 15 is 0 Å². The number of imidazole rings is 1. The van der Waals surface area contributed by atoms with Gasteiger partial charge in [-0.2, -0.15) is 0 Å². The summed E-state index contributed by atoms with van der Waals surface area (Å²) in [6, 6.07) is 13.1. The van der Waals surface area contributed by atoms with Crippen molar-refractivity contribution in [1.82, 2.24) is 19.4 Å². The van der Waals surface area contributed by atoms with Gasteiger partial charge >= 0.3 is 0 Å². The van der Waals surface area contributed by atoms with Crippen LogP contribution in [-0.4, -0.2) is 73.1 Å². The molecule has 1 amide bonds. The number of sulfone groups is 1. The van der Waals surface area contributed by atoms with Crippen LogP contribution in [0.5, 0.6) is 0 Å². The monoisotopic (exact) mass is 556 g/mol. The van der Waals surface area contributed by atoms with Gasteiger partial charge in [0.1, 0.15) is 5.82 Å². The van der Waals surface area contributed by atoms with Crippen LogP contribution in [-0.2, 0) is 33.4 Å². The van der Waals surface area contributed by atoms with Crippen molar-refractivity contribution in [2.24, 2.45) is 5.92 Å². The second kappa shape index (κ2) is 12.8. The highest BCUT2D eigenvalue weighted by molar-refractivity contribution is 7.90. The van der Waals surface area contributed by atoms with E-state index in [0.717, 1.165) is 24.2 Å². The molecule has 0 spiro atoms. The summed E-state index contributed by atoms with van der Waals surface area (Å²) in [5.74, 6) is -0.809. The zero-order chi connectivity index (χ0) is 28.0. The molecule has 3 aromatic rings. The second-order valence-corrected chi connectivity index (χ2v) is 12.3. The molecule has 4 rings (SSSR count). The second-order valence-electron chi connectivity index (χ2n) is 10.4. The van der Waals surface area contributed by atoms with Crippen molar-refractivity contribution in [3.8, 4) is 0 Å². The fraction of sp³-hybridized carbons (Fsp3) is 0.448. The van der Waals surface area contributed by atoms with Gasteiger partial charge in [-0.05, 0) is 42.2 Å². The van der Waals surface area contributed by atoms with Crippen LogP contribution < -0.4 is 0 Å². The topological polar surface area (TPSA) is 84.7 Å². The number of hydrogen-bond donors (Lipinski definition) is 0. The Morgan fingerprint density at radius 1 is 1.13 bits per heavy atom. The van der Waals surface area contributed by atoms with Crippen molar-refractivity contribution in [1.29, 1.82) is 0 Å². The molecular weight excluding hydrogens is 519 g/mol. The Balaban J connectivity index is 1.64. The Morgan fingerprint density at radius 3 is 2.56 bits per heavy atom. The summed E-state index contributed by atoms with van der Waals surface area (Å²) in [6.07, 6.45) is 1.55. The first-order valence-electron chi connectivity index (χ1n) is 13.3. The van der Waals surface area contributed by atoms with Gasteiger partial charge in [0, 0.05) is 38.3 Å². The highest BCUT2D eigenvalue weighted by atomic mass is 32.2. The van der Waals surface area contributed by atoms with Gasteiger partial charge in [0.25, 0.3) is 5.91 Å². The number of rotatable bonds is 11. The molecule has 0 saturated carbocycles. The molecule has 8 nitrogen and oxygen atoms in total. The van der Waals surface area contributed by atoms with Gasteiger partial charge in [-0.15, -0.1) is 0 Å². The first-order chi connectivity index (χ1) is 18.6. The maximum Gasteiger partial charge on any atom is 0.254 e. The van der Waals surface area contributed by atoms with Crippen molar-refractivity contribution >= 4 is 15.7 Å². The van der Waals surface area contributed by atoms with Gasteiger partial charge in [0.2, 0.25) is 15.0 Å². The third-order valence-corrected chi connectivity index (χ3v) is 8.41. The molecule has 1 aliphatic rings. The van der Waals surface area contributed by atoms with Gasteiger partial charge in [-0.25, -0.2) is 17.8 Å². The van der Waals surface area contributed by atoms with Gasteiger partial charge in [-0.3, -0.25) is 9.69 Å². The van der Waals surface area contributed by atoms with Crippen molar-refractivity contribution in [3.63, 3.8) is 0 Å². The molecule has 0 radical (unpaired) electrons. The molecule has 210 valence electrons. The lowest BCUT2D eigenvalue weighted by molar-refractivity contribution is 0.0319. The number of carbonyl (C=O) groups is 1. The van der Waals surface area contributed by atoms with Crippen LogP contribution >= 0.6 is 0 Å². The predicted octanol–water partition coefficient (Wildman–Crippen LogP) is 3.94. The Hall–Kier alpha value is -3.08. The summed E-state index contributed by atoms with van der Waals surface area (Å²) in [7, 11) is -3.76. The zero-order valence-corrected chi connectivity index (χ0v) is 23.7. The molecule has 1 aliphatic heterocycles. The number of morpholine rings is 1. The number of aromatic nitrogens is 2. The Labute approximate surface area is 230 Å². The van der Waals surface area contributed by atoms with Gasteiger partial charge < -0.3 is 14.2 Å². The highest BCUT2D eigenvalue weighted by Crippen LogP contribution is 2.22. The number of nitrogens with zero attached hydrogens (tertiary/aromatic N) is 4. The van der Waals surface area contributed by atoms with E-state index in [-0.39, 0.29) is 34.8 Å². The average Bonchev–Trinajstić information content (AvgIpc) is 3.30. The molecule has 1 aromatic heterocycles. The third kappa shape index (κ3) is 7.52. The lowest BCUT2D eigenvalue weighted by Gasteiger charge is -2.30. The maximum atomic E-state index is 14.0. The van der Waals surface area contributed by atoms with Crippen LogP contribution in [0.2, 0.25) is 0 Å². The fourth-order valence-electron chi connectivity index (χ4n) is 4.71. The number of carbonyl (C=O) groups excluding carboxylic acids is 1. The van der Waals surface area contributed by atoms with E-state index in [1.165, 1.54) is 18.2 Å². The van der Waals surface area contributed by atoms with Gasteiger partial charge in [0.15, 0.2) is 0 Å². The SMILES string of the molecule is Cc1ccccc1CS(=O)(=O)c1ncc(CN(CCN2CCOCC2)C(=O)c2cccc(F)c2)n1CC(C)C. The van der Waals surface area contributed by atoms with Crippen LogP contribution in [0.15, 0.2) is 59.9 Å². The molecule has 0 atom stereocenters. The summed E-state index contributed by atoms with van der Waals surface area (Å²) in [4.78, 5) is 21.8. The highest BCUT2D eigenvalue weighted by Gasteiger charge is 2.27. The van der Waals surface area contributed by atoms with E-state index < -0.39 is 15.7 Å². The third-order valence-electron chi connectivity index (χ3n) is 6.84. The summed E-state index contributed by atoms with van der Waals surface area (Å²) in [5.41, 5.74) is 2.50. The average molecular weight is 557 g/mol. The number of hydrogen-bond acceptors (Lipinski definition) is 6. The molecule has 2 aromatic carbocycles. The minimum atomic E-state index is -3.76. The Kier molecular flexibility index (Phi) is 9.53. The minimum Gasteiger partial charge on any atom is -0.379 e. The molecule has 10 heteroatoms. The molecule has 0 bridgehead atoms. The van der Waals surface area contributed by atoms with E-state index in [1.807, 2.05) is 45.0 Å². The molecule has 39 heavy (non-hydrogen) atoms. The lowest BCUT2D eigenvalue weighted by atomic mass is 10.1. The summed E-state index contributed by atoms with van der Waals surface area (Å²) >= 11 is 0. The van der Waals surface area contributed by atoms with Crippen molar-refractivity contribution in [2.45, 2.75) is 44.8 Å². The van der Waals surface area contributed by atoms with E-state index in [2.05, 4.69) is 9.88 Å². The summed E-state index contributed by atoms with van der Waals surface area (Å²) in [5, 5.41) is 0.000729. The number of halogens is 1. The van der Waals surface area contributed by atoms with Crippen LogP contribution in [0, 0.1) is 18.7 Å². The number of amides is 1. The largest absolute Gasteiger partial charge is 0.379 e. The first kappa shape index (κ1) is 28.9. The summed E-state index contributed by atoms with van der Waals surface area (Å²) in [6.45, 7) is 10.3. The number of benzene rings is 2. The van der Waals surface area contributed by atoms with Gasteiger partial charge in [0.05, 0.1) is 37.4 Å². The zero-order valence-electron chi connectivity index (χ0n) is 22.8. The Bertz CT molecular complexity index is 1380. The fourth-order valence-corrected chi connectivity index (χ4v) is 6.31. The van der Waals surface area contributed by atoms with Crippen LogP contribution in [0.1, 0.15) is 41.0 Å². The normalized spacial score (nSPS) is 14.6. The molecule has 1 saturated heterocycles. The molecule has 2 heterocycles. The molecule has 0 N–H and O–H groups in total. The Morgan fingerprint density at radius 2 is 1.87 bits per heavy atom. The van der Waals surface area contributed by atoms with E-state index in [0.29, 0.717) is 38.5 Å². The smallest absolute Gasteiger partial charge is 0.254 e. The molecule has 1 fully saturated rings. The lowest BCUT2D eigenvalue weighted by Crippen LogP contribution is -2.43. The van der Waals surface area contributed by atoms with Crippen LogP contribution in [0.25, 0.3) is 0 Å². The van der Waals surface area contributed by atoms with Crippen LogP contribution in [0.3, 0.4) is 0 Å². The van der Waals surface area contributed by atoms with E-state index in [1.54, 1.807) is 21.7 Å². The first-order valence-corrected chi connectivity index (χ1v) is 15.0. The number of ether oxygens (including phenoxy) is 1. The van der Waals surface area contributed by atoms with E-state index in [4.69, 9.17) is 4.74 Å². The van der Waals surface area contributed by atoms with Gasteiger partial charge in [-0.1, -0.05) is 44.2 Å². The molecule has 0 aliphatic carbocycles. The number of aryl methyl sites for hydroxylation is 1. The quantitative estimate of drug-likeness (QED) is 0.356. The minimum absolute atomic E-state index is 0.000729. The molecular formula is C29H37FN4O4S. The predicted molar refractivity (Wildman–Crippen MR) is 148 cm³/mol. The van der Waals surface area contributed by atoms with Crippen molar-refractivity contribution in [2.75, 3.05) is 39.4 Å². The van der Waals surface area contributed by atoms with Crippen molar-refractivity contribution in [3.05, 3.63) is 82.9 Å². The van der Waals surface area contributed by atoms with Crippen LogP contribution in [0.4, 0.5) is 4.39 Å². The van der Waals surface area contributed by atoms with E-state index in [9.17, 15) is 17.6 Å². The maximum absolute atomic E-state index is 14.0. The summed E-state index contributed by atoms with van der Waals surface area (Å²) < 4.78 is 48.2. The standard InChI is InChI=1S/C29H37FN4O4S/c1-22(2)19-34-27(18-31-29(34)39(36,37)21-25-8-5-4-7-23(25)3)20-33(12-11-32-13-15-38-16-14-32)28(35)24-9-6-10-26(30)17-24/h4-10,17-18,22H,11-16,19-21H2,1-3H3.